The van der Waals surface area contributed by atoms with Gasteiger partial charge in [-0.2, -0.15) is 0 Å². The molecule has 0 aromatic heterocycles. The fourth-order valence-electron chi connectivity index (χ4n) is 2.83. The lowest BCUT2D eigenvalue weighted by atomic mass is 9.85. The van der Waals surface area contributed by atoms with Crippen molar-refractivity contribution in [2.45, 2.75) is 26.2 Å². The first-order valence-electron chi connectivity index (χ1n) is 8.06. The minimum absolute atomic E-state index is 0.0804. The normalized spacial score (nSPS) is 21.7. The molecule has 0 bridgehead atoms. The Bertz CT molecular complexity index is 588. The van der Waals surface area contributed by atoms with Crippen molar-refractivity contribution in [3.8, 4) is 0 Å². The van der Waals surface area contributed by atoms with Gasteiger partial charge in [0, 0.05) is 6.54 Å². The molecule has 0 spiro atoms. The third-order valence-corrected chi connectivity index (χ3v) is 4.02. The first-order chi connectivity index (χ1) is 11.9. The topological polar surface area (TPSA) is 119 Å². The van der Waals surface area contributed by atoms with Gasteiger partial charge in [-0.1, -0.05) is 12.2 Å². The van der Waals surface area contributed by atoms with Gasteiger partial charge in [0.1, 0.15) is 0 Å². The van der Waals surface area contributed by atoms with Crippen molar-refractivity contribution in [2.75, 3.05) is 19.8 Å². The number of carbonyl (C=O) groups excluding carboxylic acids is 5. The van der Waals surface area contributed by atoms with Crippen LogP contribution in [0.5, 0.6) is 0 Å². The quantitative estimate of drug-likeness (QED) is 0.410. The number of hydrogen-bond acceptors (Lipinski definition) is 7. The average molecular weight is 352 g/mol. The minimum Gasteiger partial charge on any atom is -0.456 e. The standard InChI is InChI=1S/C16H20N2O7/c1-2-24-16(23)17-12(19)9-25-13(20)7-8-18-14(21)10-5-3-4-6-11(10)15(18)22/h3-4,10-11H,2,5-9H2,1H3,(H,17,19,23)/t10-,11+. The van der Waals surface area contributed by atoms with Crippen molar-refractivity contribution >= 4 is 29.8 Å². The molecule has 0 aromatic rings. The average Bonchev–Trinajstić information content (AvgIpc) is 2.83. The number of allylic oxidation sites excluding steroid dienone is 2. The maximum Gasteiger partial charge on any atom is 0.413 e. The number of nitrogens with zero attached hydrogens (tertiary/aromatic N) is 1. The van der Waals surface area contributed by atoms with Crippen molar-refractivity contribution in [3.05, 3.63) is 12.2 Å². The molecule has 2 rings (SSSR count). The molecular weight excluding hydrogens is 332 g/mol. The Kier molecular flexibility index (Phi) is 6.26. The maximum absolute atomic E-state index is 12.2. The predicted octanol–water partition coefficient (Wildman–Crippen LogP) is 0.144. The lowest BCUT2D eigenvalue weighted by Crippen LogP contribution is -2.36. The van der Waals surface area contributed by atoms with Crippen molar-refractivity contribution in [3.63, 3.8) is 0 Å². The van der Waals surface area contributed by atoms with Crippen LogP contribution >= 0.6 is 0 Å². The smallest absolute Gasteiger partial charge is 0.413 e. The Morgan fingerprint density at radius 3 is 2.28 bits per heavy atom. The summed E-state index contributed by atoms with van der Waals surface area (Å²) in [6, 6.07) is 0. The molecule has 1 fully saturated rings. The first-order valence-corrected chi connectivity index (χ1v) is 8.06. The Morgan fingerprint density at radius 2 is 1.72 bits per heavy atom. The zero-order chi connectivity index (χ0) is 18.4. The molecule has 25 heavy (non-hydrogen) atoms. The van der Waals surface area contributed by atoms with Crippen molar-refractivity contribution in [2.24, 2.45) is 11.8 Å². The van der Waals surface area contributed by atoms with Gasteiger partial charge in [0.15, 0.2) is 6.61 Å². The first kappa shape index (κ1) is 18.6. The molecule has 136 valence electrons. The number of rotatable bonds is 6. The summed E-state index contributed by atoms with van der Waals surface area (Å²) in [5, 5.41) is 1.88. The largest absolute Gasteiger partial charge is 0.456 e. The van der Waals surface area contributed by atoms with E-state index in [4.69, 9.17) is 4.74 Å². The van der Waals surface area contributed by atoms with Gasteiger partial charge < -0.3 is 9.47 Å². The van der Waals surface area contributed by atoms with Crippen LogP contribution in [-0.4, -0.2) is 54.4 Å². The van der Waals surface area contributed by atoms with Crippen molar-refractivity contribution in [1.29, 1.82) is 0 Å². The molecule has 1 saturated heterocycles. The third-order valence-electron chi connectivity index (χ3n) is 4.02. The summed E-state index contributed by atoms with van der Waals surface area (Å²) >= 11 is 0. The second-order valence-electron chi connectivity index (χ2n) is 5.66. The van der Waals surface area contributed by atoms with Gasteiger partial charge >= 0.3 is 12.1 Å². The van der Waals surface area contributed by atoms with Crippen LogP contribution in [0.4, 0.5) is 4.79 Å². The lowest BCUT2D eigenvalue weighted by Gasteiger charge is -2.14. The zero-order valence-corrected chi connectivity index (χ0v) is 13.9. The molecule has 0 saturated carbocycles. The van der Waals surface area contributed by atoms with Gasteiger partial charge in [0.25, 0.3) is 5.91 Å². The summed E-state index contributed by atoms with van der Waals surface area (Å²) in [5.41, 5.74) is 0. The number of imide groups is 2. The number of nitrogens with one attached hydrogen (secondary N) is 1. The van der Waals surface area contributed by atoms with E-state index in [9.17, 15) is 24.0 Å². The summed E-state index contributed by atoms with van der Waals surface area (Å²) in [5.74, 6) is -2.79. The van der Waals surface area contributed by atoms with Gasteiger partial charge in [-0.25, -0.2) is 4.79 Å². The molecule has 1 aliphatic heterocycles. The van der Waals surface area contributed by atoms with Crippen LogP contribution < -0.4 is 5.32 Å². The molecule has 1 heterocycles. The van der Waals surface area contributed by atoms with Crippen LogP contribution in [0, 0.1) is 11.8 Å². The fourth-order valence-corrected chi connectivity index (χ4v) is 2.83. The number of ether oxygens (including phenoxy) is 2. The minimum atomic E-state index is -0.923. The van der Waals surface area contributed by atoms with Crippen LogP contribution in [0.15, 0.2) is 12.2 Å². The third kappa shape index (κ3) is 4.65. The number of amides is 4. The number of likely N-dealkylation sites (tertiary alicyclic amines) is 1. The Hall–Kier alpha value is -2.71. The van der Waals surface area contributed by atoms with Crippen LogP contribution in [0.1, 0.15) is 26.2 Å². The summed E-state index contributed by atoms with van der Waals surface area (Å²) in [7, 11) is 0. The van der Waals surface area contributed by atoms with E-state index in [1.165, 1.54) is 0 Å². The molecule has 1 aliphatic carbocycles. The molecule has 0 radical (unpaired) electrons. The van der Waals surface area contributed by atoms with E-state index < -0.39 is 24.6 Å². The zero-order valence-electron chi connectivity index (χ0n) is 13.9. The maximum atomic E-state index is 12.2. The number of carbonyl (C=O) groups is 5. The van der Waals surface area contributed by atoms with E-state index in [1.54, 1.807) is 6.92 Å². The van der Waals surface area contributed by atoms with E-state index in [2.05, 4.69) is 4.74 Å². The van der Waals surface area contributed by atoms with Gasteiger partial charge in [0.2, 0.25) is 11.8 Å². The van der Waals surface area contributed by atoms with E-state index in [0.29, 0.717) is 12.8 Å². The SMILES string of the molecule is CCOC(=O)NC(=O)COC(=O)CCN1C(=O)[C@H]2CC=CC[C@H]2C1=O. The molecule has 1 N–H and O–H groups in total. The second kappa shape index (κ2) is 8.41. The highest BCUT2D eigenvalue weighted by Crippen LogP contribution is 2.34. The van der Waals surface area contributed by atoms with Crippen molar-refractivity contribution in [1.82, 2.24) is 10.2 Å². The molecule has 0 unspecified atom stereocenters. The summed E-state index contributed by atoms with van der Waals surface area (Å²) in [6.45, 7) is 0.962. The number of alkyl carbamates (subject to hydrolysis) is 1. The summed E-state index contributed by atoms with van der Waals surface area (Å²) in [4.78, 5) is 59.5. The van der Waals surface area contributed by atoms with Crippen LogP contribution in [0.25, 0.3) is 0 Å². The Labute approximate surface area is 144 Å². The molecule has 2 atom stereocenters. The van der Waals surface area contributed by atoms with Gasteiger partial charge in [-0.3, -0.25) is 29.4 Å². The highest BCUT2D eigenvalue weighted by Gasteiger charge is 2.46. The van der Waals surface area contributed by atoms with Crippen LogP contribution in [-0.2, 0) is 28.7 Å². The number of esters is 1. The van der Waals surface area contributed by atoms with E-state index >= 15 is 0 Å². The Morgan fingerprint density at radius 1 is 1.12 bits per heavy atom. The summed E-state index contributed by atoms with van der Waals surface area (Å²) in [6.07, 6.45) is 3.69. The highest BCUT2D eigenvalue weighted by atomic mass is 16.6. The van der Waals surface area contributed by atoms with Gasteiger partial charge in [-0.05, 0) is 19.8 Å². The summed E-state index contributed by atoms with van der Waals surface area (Å²) < 4.78 is 9.22. The lowest BCUT2D eigenvalue weighted by molar-refractivity contribution is -0.149. The van der Waals surface area contributed by atoms with E-state index in [1.807, 2.05) is 17.5 Å². The molecular formula is C16H20N2O7. The Balaban J connectivity index is 1.73. The molecule has 9 nitrogen and oxygen atoms in total. The molecule has 9 heteroatoms. The van der Waals surface area contributed by atoms with Crippen molar-refractivity contribution < 1.29 is 33.4 Å². The second-order valence-corrected chi connectivity index (χ2v) is 5.66. The van der Waals surface area contributed by atoms with E-state index in [-0.39, 0.29) is 43.2 Å². The molecule has 4 amide bonds. The highest BCUT2D eigenvalue weighted by molar-refractivity contribution is 6.05. The van der Waals surface area contributed by atoms with Gasteiger partial charge in [0.05, 0.1) is 24.9 Å². The molecule has 2 aliphatic rings. The number of fused-ring (bicyclic) bond motifs is 1. The van der Waals surface area contributed by atoms with Crippen LogP contribution in [0.3, 0.4) is 0 Å². The van der Waals surface area contributed by atoms with E-state index in [0.717, 1.165) is 4.90 Å². The van der Waals surface area contributed by atoms with Gasteiger partial charge in [-0.15, -0.1) is 0 Å². The fraction of sp³-hybridized carbons (Fsp3) is 0.562. The van der Waals surface area contributed by atoms with Crippen LogP contribution in [0.2, 0.25) is 0 Å². The molecule has 0 aromatic carbocycles. The number of hydrogen-bond donors (Lipinski definition) is 1. The predicted molar refractivity (Wildman–Crippen MR) is 82.8 cm³/mol. The monoisotopic (exact) mass is 352 g/mol.